The second-order valence-electron chi connectivity index (χ2n) is 5.62. The van der Waals surface area contributed by atoms with Crippen LogP contribution in [0.25, 0.3) is 11.3 Å². The Morgan fingerprint density at radius 2 is 1.96 bits per heavy atom. The van der Waals surface area contributed by atoms with Crippen LogP contribution >= 0.6 is 23.2 Å². The molecule has 0 bridgehead atoms. The average Bonchev–Trinajstić information content (AvgIpc) is 2.59. The molecule has 0 aliphatic carbocycles. The van der Waals surface area contributed by atoms with Gasteiger partial charge in [-0.2, -0.15) is 0 Å². The normalized spacial score (nSPS) is 15.6. The molecule has 1 saturated heterocycles. The summed E-state index contributed by atoms with van der Waals surface area (Å²) in [5, 5.41) is 9.24. The molecule has 1 aromatic carbocycles. The standard InChI is InChI=1S/C16H19Cl2N5O/c17-12-4-1-3-11(14(12)18)15-16(19)20-13(21-22-15)5-2-6-23-7-9-24-10-8-23/h1,3-4H,2,5-10H2,(H2,19,20,21). The first-order valence-corrected chi connectivity index (χ1v) is 8.64. The lowest BCUT2D eigenvalue weighted by molar-refractivity contribution is 0.0374. The van der Waals surface area contributed by atoms with Crippen molar-refractivity contribution in [2.24, 2.45) is 0 Å². The van der Waals surface area contributed by atoms with Crippen LogP contribution in [0.5, 0.6) is 0 Å². The van der Waals surface area contributed by atoms with Crippen LogP contribution in [0.4, 0.5) is 5.82 Å². The highest BCUT2D eigenvalue weighted by molar-refractivity contribution is 6.43. The predicted octanol–water partition coefficient (Wildman–Crippen LogP) is 2.69. The van der Waals surface area contributed by atoms with E-state index >= 15 is 0 Å². The van der Waals surface area contributed by atoms with Gasteiger partial charge in [-0.3, -0.25) is 4.90 Å². The minimum Gasteiger partial charge on any atom is -0.382 e. The van der Waals surface area contributed by atoms with Crippen molar-refractivity contribution in [2.75, 3.05) is 38.6 Å². The second-order valence-corrected chi connectivity index (χ2v) is 6.41. The lowest BCUT2D eigenvalue weighted by Crippen LogP contribution is -2.37. The molecule has 6 nitrogen and oxygen atoms in total. The Balaban J connectivity index is 1.65. The third-order valence-electron chi connectivity index (χ3n) is 3.94. The van der Waals surface area contributed by atoms with Gasteiger partial charge < -0.3 is 10.5 Å². The monoisotopic (exact) mass is 367 g/mol. The molecule has 128 valence electrons. The molecule has 0 amide bonds. The Morgan fingerprint density at radius 1 is 1.17 bits per heavy atom. The molecule has 8 heteroatoms. The molecule has 1 aromatic heterocycles. The Kier molecular flexibility index (Phi) is 5.84. The van der Waals surface area contributed by atoms with Crippen LogP contribution in [-0.2, 0) is 11.2 Å². The molecule has 24 heavy (non-hydrogen) atoms. The van der Waals surface area contributed by atoms with Gasteiger partial charge in [-0.1, -0.05) is 35.3 Å². The molecule has 0 radical (unpaired) electrons. The number of aryl methyl sites for hydroxylation is 1. The fourth-order valence-electron chi connectivity index (χ4n) is 2.64. The van der Waals surface area contributed by atoms with E-state index in [2.05, 4.69) is 20.1 Å². The van der Waals surface area contributed by atoms with Gasteiger partial charge in [0.05, 0.1) is 23.3 Å². The molecule has 1 fully saturated rings. The number of anilines is 1. The number of nitrogens with zero attached hydrogens (tertiary/aromatic N) is 4. The molecular formula is C16H19Cl2N5O. The van der Waals surface area contributed by atoms with Gasteiger partial charge in [-0.15, -0.1) is 10.2 Å². The number of benzene rings is 1. The summed E-state index contributed by atoms with van der Waals surface area (Å²) in [4.78, 5) is 6.74. The third kappa shape index (κ3) is 4.13. The van der Waals surface area contributed by atoms with E-state index in [0.29, 0.717) is 32.9 Å². The van der Waals surface area contributed by atoms with E-state index in [-0.39, 0.29) is 0 Å². The largest absolute Gasteiger partial charge is 0.382 e. The third-order valence-corrected chi connectivity index (χ3v) is 4.76. The van der Waals surface area contributed by atoms with E-state index in [9.17, 15) is 0 Å². The zero-order valence-corrected chi connectivity index (χ0v) is 14.7. The molecule has 1 aliphatic heterocycles. The Bertz CT molecular complexity index is 707. The van der Waals surface area contributed by atoms with Crippen LogP contribution in [0.15, 0.2) is 18.2 Å². The number of nitrogen functional groups attached to an aromatic ring is 1. The highest BCUT2D eigenvalue weighted by Gasteiger charge is 2.14. The first-order valence-electron chi connectivity index (χ1n) is 7.88. The first kappa shape index (κ1) is 17.4. The van der Waals surface area contributed by atoms with Crippen molar-refractivity contribution in [1.82, 2.24) is 20.1 Å². The van der Waals surface area contributed by atoms with E-state index in [1.165, 1.54) is 0 Å². The number of ether oxygens (including phenoxy) is 1. The lowest BCUT2D eigenvalue weighted by atomic mass is 10.1. The maximum absolute atomic E-state index is 6.21. The second kappa shape index (κ2) is 8.07. The summed E-state index contributed by atoms with van der Waals surface area (Å²) in [6.45, 7) is 4.57. The summed E-state index contributed by atoms with van der Waals surface area (Å²) in [5.74, 6) is 0.957. The summed E-state index contributed by atoms with van der Waals surface area (Å²) >= 11 is 12.2. The van der Waals surface area contributed by atoms with E-state index in [1.807, 2.05) is 0 Å². The smallest absolute Gasteiger partial charge is 0.154 e. The number of rotatable bonds is 5. The number of aromatic nitrogens is 3. The average molecular weight is 368 g/mol. The molecule has 0 spiro atoms. The minimum absolute atomic E-state index is 0.315. The fraction of sp³-hybridized carbons (Fsp3) is 0.438. The number of morpholine rings is 1. The van der Waals surface area contributed by atoms with Crippen molar-refractivity contribution in [3.05, 3.63) is 34.1 Å². The van der Waals surface area contributed by atoms with Crippen LogP contribution in [0.3, 0.4) is 0 Å². The zero-order chi connectivity index (χ0) is 16.9. The van der Waals surface area contributed by atoms with Crippen molar-refractivity contribution in [2.45, 2.75) is 12.8 Å². The van der Waals surface area contributed by atoms with E-state index in [4.69, 9.17) is 33.7 Å². The number of hydrogen-bond donors (Lipinski definition) is 1. The van der Waals surface area contributed by atoms with Crippen LogP contribution < -0.4 is 5.73 Å². The Morgan fingerprint density at radius 3 is 2.71 bits per heavy atom. The van der Waals surface area contributed by atoms with E-state index in [1.54, 1.807) is 18.2 Å². The van der Waals surface area contributed by atoms with E-state index in [0.717, 1.165) is 45.7 Å². The molecule has 2 aromatic rings. The molecule has 3 rings (SSSR count). The van der Waals surface area contributed by atoms with E-state index < -0.39 is 0 Å². The summed E-state index contributed by atoms with van der Waals surface area (Å²) in [5.41, 5.74) is 7.14. The van der Waals surface area contributed by atoms with Gasteiger partial charge >= 0.3 is 0 Å². The van der Waals surface area contributed by atoms with Crippen molar-refractivity contribution < 1.29 is 4.74 Å². The lowest BCUT2D eigenvalue weighted by Gasteiger charge is -2.26. The van der Waals surface area contributed by atoms with Gasteiger partial charge in [0.1, 0.15) is 5.69 Å². The number of halogens is 2. The zero-order valence-electron chi connectivity index (χ0n) is 13.2. The van der Waals surface area contributed by atoms with Gasteiger partial charge in [0, 0.05) is 25.1 Å². The van der Waals surface area contributed by atoms with Gasteiger partial charge in [-0.25, -0.2) is 4.98 Å². The van der Waals surface area contributed by atoms with Crippen LogP contribution in [0, 0.1) is 0 Å². The van der Waals surface area contributed by atoms with Crippen molar-refractivity contribution in [1.29, 1.82) is 0 Å². The first-order chi connectivity index (χ1) is 11.6. The topological polar surface area (TPSA) is 77.2 Å². The Labute approximate surface area is 150 Å². The number of hydrogen-bond acceptors (Lipinski definition) is 6. The van der Waals surface area contributed by atoms with Crippen molar-refractivity contribution in [3.63, 3.8) is 0 Å². The van der Waals surface area contributed by atoms with Gasteiger partial charge in [0.2, 0.25) is 0 Å². The van der Waals surface area contributed by atoms with Gasteiger partial charge in [-0.05, 0) is 19.0 Å². The maximum atomic E-state index is 6.21. The van der Waals surface area contributed by atoms with Crippen molar-refractivity contribution >= 4 is 29.0 Å². The van der Waals surface area contributed by atoms with Gasteiger partial charge in [0.15, 0.2) is 11.6 Å². The molecular weight excluding hydrogens is 349 g/mol. The Hall–Kier alpha value is -1.47. The quantitative estimate of drug-likeness (QED) is 0.875. The summed E-state index contributed by atoms with van der Waals surface area (Å²) in [6, 6.07) is 5.31. The molecule has 2 heterocycles. The van der Waals surface area contributed by atoms with Crippen LogP contribution in [0.2, 0.25) is 10.0 Å². The molecule has 1 aliphatic rings. The molecule has 0 unspecified atom stereocenters. The highest BCUT2D eigenvalue weighted by atomic mass is 35.5. The van der Waals surface area contributed by atoms with Crippen LogP contribution in [0.1, 0.15) is 12.2 Å². The SMILES string of the molecule is Nc1nc(CCCN2CCOCC2)nnc1-c1cccc(Cl)c1Cl. The summed E-state index contributed by atoms with van der Waals surface area (Å²) in [7, 11) is 0. The maximum Gasteiger partial charge on any atom is 0.154 e. The minimum atomic E-state index is 0.315. The van der Waals surface area contributed by atoms with Crippen molar-refractivity contribution in [3.8, 4) is 11.3 Å². The predicted molar refractivity (Wildman–Crippen MR) is 95.3 cm³/mol. The summed E-state index contributed by atoms with van der Waals surface area (Å²) < 4.78 is 5.34. The molecule has 2 N–H and O–H groups in total. The van der Waals surface area contributed by atoms with Gasteiger partial charge in [0.25, 0.3) is 0 Å². The number of nitrogens with two attached hydrogens (primary N) is 1. The highest BCUT2D eigenvalue weighted by Crippen LogP contribution is 2.34. The molecule has 0 atom stereocenters. The molecule has 0 saturated carbocycles. The summed E-state index contributed by atoms with van der Waals surface area (Å²) in [6.07, 6.45) is 1.69. The fourth-order valence-corrected chi connectivity index (χ4v) is 3.03. The van der Waals surface area contributed by atoms with Crippen LogP contribution in [-0.4, -0.2) is 52.9 Å².